The van der Waals surface area contributed by atoms with Crippen molar-refractivity contribution in [2.75, 3.05) is 0 Å². The highest BCUT2D eigenvalue weighted by Crippen LogP contribution is 2.74. The Balaban J connectivity index is 1.01. The molecule has 0 radical (unpaired) electrons. The lowest BCUT2D eigenvalue weighted by Gasteiger charge is -2.63. The summed E-state index contributed by atoms with van der Waals surface area (Å²) in [5, 5.41) is 0. The van der Waals surface area contributed by atoms with E-state index in [1.807, 2.05) is 0 Å². The van der Waals surface area contributed by atoms with Crippen molar-refractivity contribution < 1.29 is 0 Å². The summed E-state index contributed by atoms with van der Waals surface area (Å²) in [5.41, 5.74) is 24.8. The Labute approximate surface area is 435 Å². The fraction of sp³-hybridized carbons (Fsp3) is 0.194. The zero-order valence-electron chi connectivity index (χ0n) is 42.0. The first-order valence-corrected chi connectivity index (χ1v) is 27.2. The largest absolute Gasteiger partial charge is 0.228 e. The van der Waals surface area contributed by atoms with Gasteiger partial charge >= 0.3 is 0 Å². The molecule has 2 fully saturated rings. The molecule has 1 aromatic heterocycles. The molecule has 74 heavy (non-hydrogen) atoms. The summed E-state index contributed by atoms with van der Waals surface area (Å²) < 4.78 is 0. The fourth-order valence-electron chi connectivity index (χ4n) is 16.5. The summed E-state index contributed by atoms with van der Waals surface area (Å²) >= 11 is 0. The van der Waals surface area contributed by atoms with Crippen LogP contribution in [0.25, 0.3) is 78.4 Å². The van der Waals surface area contributed by atoms with Crippen LogP contribution in [-0.4, -0.2) is 9.97 Å². The molecule has 2 heteroatoms. The Kier molecular flexibility index (Phi) is 9.90. The topological polar surface area (TPSA) is 25.8 Å². The molecule has 10 aromatic rings. The van der Waals surface area contributed by atoms with Gasteiger partial charge in [0.15, 0.2) is 5.82 Å². The number of aromatic nitrogens is 2. The average molecular weight is 951 g/mol. The molecule has 2 spiro atoms. The highest BCUT2D eigenvalue weighted by atomic mass is 14.9. The van der Waals surface area contributed by atoms with Crippen LogP contribution in [0.1, 0.15) is 90.7 Å². The van der Waals surface area contributed by atoms with Crippen LogP contribution in [-0.2, 0) is 22.7 Å². The molecule has 356 valence electrons. The van der Waals surface area contributed by atoms with Crippen molar-refractivity contribution >= 4 is 0 Å². The smallest absolute Gasteiger partial charge is 0.160 e. The van der Waals surface area contributed by atoms with E-state index in [1.165, 1.54) is 73.2 Å². The van der Waals surface area contributed by atoms with E-state index in [0.29, 0.717) is 11.8 Å². The lowest BCUT2D eigenvalue weighted by atomic mass is 9.40. The highest BCUT2D eigenvalue weighted by Gasteiger charge is 2.67. The van der Waals surface area contributed by atoms with Gasteiger partial charge in [-0.3, -0.25) is 0 Å². The van der Waals surface area contributed by atoms with Gasteiger partial charge in [-0.05, 0) is 152 Å². The monoisotopic (exact) mass is 950 g/mol. The van der Waals surface area contributed by atoms with E-state index in [4.69, 9.17) is 9.97 Å². The summed E-state index contributed by atoms with van der Waals surface area (Å²) in [6, 6.07) is 87.8. The molecule has 2 saturated carbocycles. The molecule has 4 bridgehead atoms. The minimum absolute atomic E-state index is 0.135. The van der Waals surface area contributed by atoms with Gasteiger partial charge in [-0.2, -0.15) is 0 Å². The van der Waals surface area contributed by atoms with Crippen LogP contribution in [0.4, 0.5) is 0 Å². The van der Waals surface area contributed by atoms with E-state index in [1.54, 1.807) is 11.1 Å². The van der Waals surface area contributed by atoms with E-state index >= 15 is 0 Å². The number of benzene rings is 9. The molecule has 9 aromatic carbocycles. The van der Waals surface area contributed by atoms with Crippen molar-refractivity contribution in [3.8, 4) is 78.4 Å². The Morgan fingerprint density at radius 3 is 1.58 bits per heavy atom. The van der Waals surface area contributed by atoms with Gasteiger partial charge in [0, 0.05) is 27.5 Å². The number of rotatable bonds is 4. The third-order valence-corrected chi connectivity index (χ3v) is 19.0. The highest BCUT2D eigenvalue weighted by molar-refractivity contribution is 5.85. The fourth-order valence-corrected chi connectivity index (χ4v) is 16.5. The van der Waals surface area contributed by atoms with Crippen LogP contribution in [0.3, 0.4) is 0 Å². The second kappa shape index (κ2) is 16.8. The van der Waals surface area contributed by atoms with E-state index in [0.717, 1.165) is 72.4 Å². The van der Waals surface area contributed by atoms with Crippen LogP contribution < -0.4 is 0 Å². The molecule has 6 atom stereocenters. The molecule has 0 amide bonds. The van der Waals surface area contributed by atoms with Gasteiger partial charge in [0.2, 0.25) is 0 Å². The normalized spacial score (nSPS) is 23.7. The van der Waals surface area contributed by atoms with E-state index in [9.17, 15) is 0 Å². The van der Waals surface area contributed by atoms with Crippen LogP contribution >= 0.6 is 0 Å². The van der Waals surface area contributed by atoms with Gasteiger partial charge in [-0.1, -0.05) is 231 Å². The molecule has 2 nitrogen and oxygen atoms in total. The maximum atomic E-state index is 5.28. The zero-order chi connectivity index (χ0) is 49.0. The standard InChI is InChI=1S/C72H58N2/c1-70-44-53(56-26-11-13-28-59(56)60-29-14-16-33-63(60)70)46-71-41-40-52(55-25-10-12-27-58(55)61-30-15-17-34-64(61)71)45-72(69(70)71)42-39-47-19-8-9-24-54(47)62-32-18-31-57(67(62)72)48-35-37-51(38-36-48)68-73-65(49-20-4-2-5-21-49)43-66(74-68)50-22-6-3-7-23-50/h2-38,43,52-53,69H,39-42,44-46H2,1H3. The Hall–Kier alpha value is -7.94. The van der Waals surface area contributed by atoms with Gasteiger partial charge in [0.25, 0.3) is 0 Å². The Morgan fingerprint density at radius 1 is 0.378 bits per heavy atom. The molecular formula is C72H58N2. The third kappa shape index (κ3) is 6.49. The number of hydrogen-bond donors (Lipinski definition) is 0. The van der Waals surface area contributed by atoms with Gasteiger partial charge < -0.3 is 0 Å². The lowest BCUT2D eigenvalue weighted by molar-refractivity contribution is 0.00672. The molecule has 5 aliphatic rings. The summed E-state index contributed by atoms with van der Waals surface area (Å²) in [6.45, 7) is 2.75. The van der Waals surface area contributed by atoms with Crippen molar-refractivity contribution in [3.63, 3.8) is 0 Å². The van der Waals surface area contributed by atoms with Crippen molar-refractivity contribution in [2.45, 2.75) is 80.0 Å². The van der Waals surface area contributed by atoms with Crippen molar-refractivity contribution in [1.29, 1.82) is 0 Å². The predicted octanol–water partition coefficient (Wildman–Crippen LogP) is 18.0. The van der Waals surface area contributed by atoms with Crippen molar-refractivity contribution in [3.05, 3.63) is 264 Å². The van der Waals surface area contributed by atoms with Gasteiger partial charge in [0.1, 0.15) is 0 Å². The first kappa shape index (κ1) is 43.6. The maximum absolute atomic E-state index is 5.28. The SMILES string of the molecule is CC12CC(CC34CCC(CC5(CCc6ccccc6-c6cccc(-c7ccc(-c8nc(-c9ccccc9)cc(-c9ccccc9)n8)cc7)c65)C13)c1ccccc1-c1ccccc14)c1ccccc1-c1ccccc12. The first-order chi connectivity index (χ1) is 36.5. The summed E-state index contributed by atoms with van der Waals surface area (Å²) in [7, 11) is 0. The molecular weight excluding hydrogens is 893 g/mol. The molecule has 5 aliphatic carbocycles. The van der Waals surface area contributed by atoms with Crippen LogP contribution in [0.2, 0.25) is 0 Å². The number of fused-ring (bicyclic) bond motifs is 19. The van der Waals surface area contributed by atoms with E-state index in [-0.39, 0.29) is 22.2 Å². The molecule has 6 unspecified atom stereocenters. The average Bonchev–Trinajstić information content (AvgIpc) is 3.91. The second-order valence-electron chi connectivity index (χ2n) is 22.6. The van der Waals surface area contributed by atoms with E-state index < -0.39 is 0 Å². The van der Waals surface area contributed by atoms with Crippen LogP contribution in [0.5, 0.6) is 0 Å². The zero-order valence-corrected chi connectivity index (χ0v) is 42.0. The van der Waals surface area contributed by atoms with Crippen molar-refractivity contribution in [2.24, 2.45) is 5.92 Å². The Bertz CT molecular complexity index is 3760. The van der Waals surface area contributed by atoms with Gasteiger partial charge in [-0.25, -0.2) is 9.97 Å². The van der Waals surface area contributed by atoms with Crippen LogP contribution in [0, 0.1) is 5.92 Å². The molecule has 0 saturated heterocycles. The summed E-state index contributed by atoms with van der Waals surface area (Å²) in [5.74, 6) is 1.80. The quantitative estimate of drug-likeness (QED) is 0.176. The number of nitrogens with zero attached hydrogens (tertiary/aromatic N) is 2. The van der Waals surface area contributed by atoms with Crippen molar-refractivity contribution in [1.82, 2.24) is 9.97 Å². The molecule has 0 aliphatic heterocycles. The molecule has 15 rings (SSSR count). The third-order valence-electron chi connectivity index (χ3n) is 19.0. The van der Waals surface area contributed by atoms with Crippen LogP contribution in [0.15, 0.2) is 231 Å². The lowest BCUT2D eigenvalue weighted by Crippen LogP contribution is -2.60. The first-order valence-electron chi connectivity index (χ1n) is 27.2. The number of aryl methyl sites for hydroxylation is 1. The molecule has 1 heterocycles. The maximum Gasteiger partial charge on any atom is 0.160 e. The number of hydrogen-bond acceptors (Lipinski definition) is 2. The molecule has 0 N–H and O–H groups in total. The van der Waals surface area contributed by atoms with E-state index in [2.05, 4.69) is 237 Å². The minimum Gasteiger partial charge on any atom is -0.228 e. The predicted molar refractivity (Wildman–Crippen MR) is 304 cm³/mol. The van der Waals surface area contributed by atoms with Gasteiger partial charge in [0.05, 0.1) is 11.4 Å². The second-order valence-corrected chi connectivity index (χ2v) is 22.6. The summed E-state index contributed by atoms with van der Waals surface area (Å²) in [6.07, 6.45) is 7.81. The summed E-state index contributed by atoms with van der Waals surface area (Å²) in [4.78, 5) is 10.6. The minimum atomic E-state index is -0.240. The Morgan fingerprint density at radius 2 is 0.892 bits per heavy atom. The van der Waals surface area contributed by atoms with Gasteiger partial charge in [-0.15, -0.1) is 0 Å².